The number of halogens is 1. The second-order valence-electron chi connectivity index (χ2n) is 9.11. The van der Waals surface area contributed by atoms with Crippen LogP contribution in [-0.4, -0.2) is 19.6 Å². The zero-order chi connectivity index (χ0) is 26.6. The number of carbonyl (C=O) groups is 1. The molecule has 2 aromatic heterocycles. The average molecular weight is 522 g/mol. The monoisotopic (exact) mass is 521 g/mol. The number of aromatic nitrogens is 3. The fraction of sp³-hybridized carbons (Fsp3) is 0.231. The van der Waals surface area contributed by atoms with E-state index in [0.29, 0.717) is 29.1 Å². The molecule has 4 aromatic rings. The Morgan fingerprint density at radius 3 is 2.46 bits per heavy atom. The van der Waals surface area contributed by atoms with Crippen LogP contribution in [0.4, 0.5) is 21.6 Å². The lowest BCUT2D eigenvalue weighted by atomic mass is 10.1. The first-order chi connectivity index (χ1) is 17.6. The van der Waals surface area contributed by atoms with Gasteiger partial charge in [-0.25, -0.2) is 9.18 Å². The molecule has 0 saturated heterocycles. The molecule has 0 aliphatic heterocycles. The lowest BCUT2D eigenvalue weighted by Gasteiger charge is -2.21. The Labute approximate surface area is 215 Å². The van der Waals surface area contributed by atoms with Gasteiger partial charge in [0.2, 0.25) is 5.91 Å². The molecule has 0 radical (unpaired) electrons. The molecule has 11 heteroatoms. The maximum atomic E-state index is 14.8. The zero-order valence-electron chi connectivity index (χ0n) is 20.3. The summed E-state index contributed by atoms with van der Waals surface area (Å²) in [6.45, 7) is 2.91. The van der Waals surface area contributed by atoms with Crippen LogP contribution in [0.25, 0.3) is 16.6 Å². The molecule has 37 heavy (non-hydrogen) atoms. The topological polar surface area (TPSA) is 107 Å². The van der Waals surface area contributed by atoms with Crippen LogP contribution in [0.2, 0.25) is 0 Å². The number of nitrogens with zero attached hydrogens (tertiary/aromatic N) is 3. The standard InChI is InChI=1S/C26H24FN5O4S/c1-13-22-21(23(30(3)24(13)34)29-20-10-9-18(37)12-19(20)27)25(35)32(16-7-8-16)26(36)31(22)17-6-4-5-15(11-17)28-14(2)33/h4-6,9-12,16,29,37H,7-8H2,1-3H3,(H,28,33). The average Bonchev–Trinajstić information content (AvgIpc) is 3.67. The first-order valence-corrected chi connectivity index (χ1v) is 12.1. The predicted octanol–water partition coefficient (Wildman–Crippen LogP) is 3.62. The summed E-state index contributed by atoms with van der Waals surface area (Å²) in [4.78, 5) is 53.0. The molecular formula is C26H24FN5O4S. The third-order valence-corrected chi connectivity index (χ3v) is 6.66. The minimum atomic E-state index is -0.618. The number of anilines is 3. The number of fused-ring (bicyclic) bond motifs is 1. The van der Waals surface area contributed by atoms with Crippen molar-refractivity contribution >= 4 is 46.6 Å². The summed E-state index contributed by atoms with van der Waals surface area (Å²) in [6.07, 6.45) is 1.33. The van der Waals surface area contributed by atoms with E-state index in [1.165, 1.54) is 39.8 Å². The Bertz CT molecular complexity index is 1790. The summed E-state index contributed by atoms with van der Waals surface area (Å²) in [5.74, 6) is -0.849. The first kappa shape index (κ1) is 24.6. The highest BCUT2D eigenvalue weighted by Gasteiger charge is 2.31. The van der Waals surface area contributed by atoms with E-state index in [0.717, 1.165) is 0 Å². The largest absolute Gasteiger partial charge is 0.338 e. The van der Waals surface area contributed by atoms with Crippen LogP contribution in [0.5, 0.6) is 0 Å². The van der Waals surface area contributed by atoms with Gasteiger partial charge < -0.3 is 10.6 Å². The minimum absolute atomic E-state index is 0.0423. The Kier molecular flexibility index (Phi) is 6.03. The Morgan fingerprint density at radius 2 is 1.81 bits per heavy atom. The van der Waals surface area contributed by atoms with Gasteiger partial charge in [-0.3, -0.25) is 28.1 Å². The number of thiol groups is 1. The molecule has 0 unspecified atom stereocenters. The molecule has 1 saturated carbocycles. The molecule has 2 N–H and O–H groups in total. The molecule has 2 aromatic carbocycles. The molecule has 5 rings (SSSR count). The van der Waals surface area contributed by atoms with Crippen molar-refractivity contribution in [3.05, 3.63) is 85.0 Å². The molecule has 1 aliphatic carbocycles. The van der Waals surface area contributed by atoms with E-state index in [1.807, 2.05) is 0 Å². The highest BCUT2D eigenvalue weighted by molar-refractivity contribution is 7.80. The first-order valence-electron chi connectivity index (χ1n) is 11.6. The molecule has 0 spiro atoms. The molecule has 1 amide bonds. The fourth-order valence-corrected chi connectivity index (χ4v) is 4.70. The molecule has 1 fully saturated rings. The summed E-state index contributed by atoms with van der Waals surface area (Å²) >= 11 is 4.15. The number of aryl methyl sites for hydroxylation is 1. The van der Waals surface area contributed by atoms with Crippen LogP contribution < -0.4 is 27.4 Å². The lowest BCUT2D eigenvalue weighted by molar-refractivity contribution is -0.114. The van der Waals surface area contributed by atoms with E-state index >= 15 is 0 Å². The SMILES string of the molecule is CC(=O)Nc1cccc(-n2c(=O)n(C3CC3)c(=O)c3c(Nc4ccc(S)cc4F)n(C)c(=O)c(C)c32)c1. The van der Waals surface area contributed by atoms with E-state index in [2.05, 4.69) is 23.3 Å². The fourth-order valence-electron chi connectivity index (χ4n) is 4.51. The highest BCUT2D eigenvalue weighted by Crippen LogP contribution is 2.34. The van der Waals surface area contributed by atoms with E-state index in [1.54, 1.807) is 37.3 Å². The molecule has 190 valence electrons. The van der Waals surface area contributed by atoms with Crippen LogP contribution in [0, 0.1) is 12.7 Å². The number of amides is 1. The summed E-state index contributed by atoms with van der Waals surface area (Å²) < 4.78 is 18.5. The molecule has 1 aliphatic rings. The smallest absolute Gasteiger partial charge is 0.336 e. The van der Waals surface area contributed by atoms with Gasteiger partial charge in [0.15, 0.2) is 0 Å². The number of nitrogens with one attached hydrogen (secondary N) is 2. The molecular weight excluding hydrogens is 497 g/mol. The van der Waals surface area contributed by atoms with Crippen molar-refractivity contribution in [3.63, 3.8) is 0 Å². The second kappa shape index (κ2) is 9.07. The second-order valence-corrected chi connectivity index (χ2v) is 9.62. The molecule has 9 nitrogen and oxygen atoms in total. The molecule has 0 atom stereocenters. The summed E-state index contributed by atoms with van der Waals surface area (Å²) in [5.41, 5.74) is -0.472. The maximum Gasteiger partial charge on any atom is 0.336 e. The lowest BCUT2D eigenvalue weighted by Crippen LogP contribution is -2.41. The van der Waals surface area contributed by atoms with Gasteiger partial charge in [-0.2, -0.15) is 0 Å². The van der Waals surface area contributed by atoms with Crippen molar-refractivity contribution in [2.75, 3.05) is 10.6 Å². The highest BCUT2D eigenvalue weighted by atomic mass is 32.1. The number of hydrogen-bond acceptors (Lipinski definition) is 6. The van der Waals surface area contributed by atoms with Crippen molar-refractivity contribution in [2.45, 2.75) is 37.6 Å². The third-order valence-electron chi connectivity index (χ3n) is 6.39. The number of benzene rings is 2. The molecule has 2 heterocycles. The minimum Gasteiger partial charge on any atom is -0.338 e. The van der Waals surface area contributed by atoms with Crippen LogP contribution in [-0.2, 0) is 11.8 Å². The van der Waals surface area contributed by atoms with Gasteiger partial charge in [-0.1, -0.05) is 6.07 Å². The number of hydrogen-bond donors (Lipinski definition) is 3. The van der Waals surface area contributed by atoms with Crippen molar-refractivity contribution in [2.24, 2.45) is 7.05 Å². The van der Waals surface area contributed by atoms with Gasteiger partial charge in [-0.15, -0.1) is 12.6 Å². The summed E-state index contributed by atoms with van der Waals surface area (Å²) in [5, 5.41) is 5.67. The van der Waals surface area contributed by atoms with Gasteiger partial charge in [0.1, 0.15) is 17.0 Å². The van der Waals surface area contributed by atoms with Gasteiger partial charge in [0, 0.05) is 36.2 Å². The number of pyridine rings is 1. The summed E-state index contributed by atoms with van der Waals surface area (Å²) in [7, 11) is 1.48. The van der Waals surface area contributed by atoms with Crippen molar-refractivity contribution in [1.82, 2.24) is 13.7 Å². The Hall–Kier alpha value is -4.12. The van der Waals surface area contributed by atoms with Crippen LogP contribution in [0.15, 0.2) is 61.7 Å². The van der Waals surface area contributed by atoms with Gasteiger partial charge in [0.25, 0.3) is 11.1 Å². The van der Waals surface area contributed by atoms with Crippen molar-refractivity contribution < 1.29 is 9.18 Å². The van der Waals surface area contributed by atoms with Crippen LogP contribution in [0.3, 0.4) is 0 Å². The van der Waals surface area contributed by atoms with E-state index in [4.69, 9.17) is 0 Å². The maximum absolute atomic E-state index is 14.8. The zero-order valence-corrected chi connectivity index (χ0v) is 21.2. The van der Waals surface area contributed by atoms with Gasteiger partial charge >= 0.3 is 5.69 Å². The normalized spacial score (nSPS) is 13.1. The quantitative estimate of drug-likeness (QED) is 0.348. The van der Waals surface area contributed by atoms with E-state index < -0.39 is 22.6 Å². The Morgan fingerprint density at radius 1 is 1.08 bits per heavy atom. The van der Waals surface area contributed by atoms with Gasteiger partial charge in [0.05, 0.1) is 16.9 Å². The third kappa shape index (κ3) is 4.25. The summed E-state index contributed by atoms with van der Waals surface area (Å²) in [6, 6.07) is 10.6. The van der Waals surface area contributed by atoms with E-state index in [-0.39, 0.29) is 39.9 Å². The predicted molar refractivity (Wildman–Crippen MR) is 143 cm³/mol. The van der Waals surface area contributed by atoms with Crippen molar-refractivity contribution in [3.8, 4) is 5.69 Å². The Balaban J connectivity index is 1.90. The molecule has 0 bridgehead atoms. The van der Waals surface area contributed by atoms with Crippen LogP contribution >= 0.6 is 12.6 Å². The number of rotatable bonds is 5. The number of carbonyl (C=O) groups excluding carboxylic acids is 1. The van der Waals surface area contributed by atoms with Gasteiger partial charge in [-0.05, 0) is 56.2 Å². The van der Waals surface area contributed by atoms with E-state index in [9.17, 15) is 23.6 Å². The van der Waals surface area contributed by atoms with Crippen molar-refractivity contribution in [1.29, 1.82) is 0 Å². The van der Waals surface area contributed by atoms with Crippen LogP contribution in [0.1, 0.15) is 31.4 Å².